The molecule has 0 aliphatic carbocycles. The van der Waals surface area contributed by atoms with E-state index in [2.05, 4.69) is 10.2 Å². The lowest BCUT2D eigenvalue weighted by Gasteiger charge is -2.24. The Labute approximate surface area is 273 Å². The number of esters is 4. The Hall–Kier alpha value is -6.15. The highest BCUT2D eigenvalue weighted by Crippen LogP contribution is 2.40. The van der Waals surface area contributed by atoms with Crippen LogP contribution in [0, 0.1) is 10.1 Å². The lowest BCUT2D eigenvalue weighted by Crippen LogP contribution is -2.41. The Morgan fingerprint density at radius 3 is 1.83 bits per heavy atom. The highest BCUT2D eigenvalue weighted by Gasteiger charge is 2.52. The highest BCUT2D eigenvalue weighted by molar-refractivity contribution is 5.92. The van der Waals surface area contributed by atoms with E-state index in [1.54, 1.807) is 73.7 Å². The van der Waals surface area contributed by atoms with E-state index in [1.165, 1.54) is 24.3 Å². The lowest BCUT2D eigenvalue weighted by atomic mass is 10.0. The maximum atomic E-state index is 13.4. The van der Waals surface area contributed by atoms with Crippen molar-refractivity contribution in [2.45, 2.75) is 31.3 Å². The van der Waals surface area contributed by atoms with Crippen LogP contribution in [0.2, 0.25) is 0 Å². The SMILES string of the molecule is CCOC(=O)c1n[nH]c([C@@H]2O[C@H](COC(=O)c3ccccc3)[C@@H](OC(=O)c3ccccc3)[C@H]2OC(=O)c2ccccc2)c1C=C[N+](=O)[O-]. The summed E-state index contributed by atoms with van der Waals surface area (Å²) < 4.78 is 28.7. The van der Waals surface area contributed by atoms with Crippen LogP contribution >= 0.6 is 0 Å². The van der Waals surface area contributed by atoms with Crippen LogP contribution < -0.4 is 0 Å². The number of nitrogens with zero attached hydrogens (tertiary/aromatic N) is 2. The van der Waals surface area contributed by atoms with Crippen LogP contribution in [-0.4, -0.2) is 70.5 Å². The van der Waals surface area contributed by atoms with Crippen LogP contribution in [0.4, 0.5) is 0 Å². The normalized spacial score (nSPS) is 18.6. The molecule has 48 heavy (non-hydrogen) atoms. The number of nitrogens with one attached hydrogen (secondary N) is 1. The molecular weight excluding hydrogens is 626 g/mol. The van der Waals surface area contributed by atoms with Gasteiger partial charge in [0.1, 0.15) is 18.8 Å². The molecule has 2 heterocycles. The van der Waals surface area contributed by atoms with Gasteiger partial charge >= 0.3 is 23.9 Å². The number of hydrogen-bond acceptors (Lipinski definition) is 12. The minimum absolute atomic E-state index is 0.0109. The highest BCUT2D eigenvalue weighted by atomic mass is 16.7. The largest absolute Gasteiger partial charge is 0.461 e. The third kappa shape index (κ3) is 7.79. The summed E-state index contributed by atoms with van der Waals surface area (Å²) in [6.45, 7) is 1.10. The molecule has 1 N–H and O–H groups in total. The van der Waals surface area contributed by atoms with Crippen molar-refractivity contribution in [1.29, 1.82) is 0 Å². The third-order valence-corrected chi connectivity index (χ3v) is 7.15. The van der Waals surface area contributed by atoms with Gasteiger partial charge in [-0.25, -0.2) is 19.2 Å². The van der Waals surface area contributed by atoms with Crippen LogP contribution in [0.25, 0.3) is 6.08 Å². The second-order valence-electron chi connectivity index (χ2n) is 10.3. The number of benzene rings is 3. The number of carbonyl (C=O) groups excluding carboxylic acids is 4. The molecule has 1 aromatic heterocycles. The maximum Gasteiger partial charge on any atom is 0.359 e. The second-order valence-corrected chi connectivity index (χ2v) is 10.3. The molecule has 1 aliphatic heterocycles. The van der Waals surface area contributed by atoms with E-state index in [1.807, 2.05) is 0 Å². The molecule has 14 heteroatoms. The summed E-state index contributed by atoms with van der Waals surface area (Å²) in [6, 6.07) is 24.1. The summed E-state index contributed by atoms with van der Waals surface area (Å²) in [5.74, 6) is -3.20. The van der Waals surface area contributed by atoms with Gasteiger partial charge in [-0.05, 0) is 43.3 Å². The van der Waals surface area contributed by atoms with Crippen LogP contribution in [0.5, 0.6) is 0 Å². The molecule has 5 rings (SSSR count). The van der Waals surface area contributed by atoms with Gasteiger partial charge in [0.05, 0.1) is 33.9 Å². The van der Waals surface area contributed by atoms with E-state index >= 15 is 0 Å². The predicted molar refractivity (Wildman–Crippen MR) is 166 cm³/mol. The fourth-order valence-corrected chi connectivity index (χ4v) is 4.95. The van der Waals surface area contributed by atoms with Gasteiger partial charge in [-0.3, -0.25) is 15.2 Å². The van der Waals surface area contributed by atoms with Crippen molar-refractivity contribution in [2.24, 2.45) is 0 Å². The lowest BCUT2D eigenvalue weighted by molar-refractivity contribution is -0.400. The first kappa shape index (κ1) is 33.2. The minimum atomic E-state index is -1.44. The van der Waals surface area contributed by atoms with Gasteiger partial charge in [-0.15, -0.1) is 0 Å². The molecule has 0 radical (unpaired) electrons. The number of aromatic amines is 1. The summed E-state index contributed by atoms with van der Waals surface area (Å²) in [5.41, 5.74) is 0.157. The quantitative estimate of drug-likeness (QED) is 0.0970. The van der Waals surface area contributed by atoms with Crippen molar-refractivity contribution < 1.29 is 47.8 Å². The van der Waals surface area contributed by atoms with Gasteiger partial charge in [0.15, 0.2) is 17.9 Å². The average molecular weight is 656 g/mol. The van der Waals surface area contributed by atoms with Crippen LogP contribution in [0.1, 0.15) is 65.8 Å². The Balaban J connectivity index is 1.57. The average Bonchev–Trinajstić information content (AvgIpc) is 3.68. The Morgan fingerprint density at radius 2 is 1.31 bits per heavy atom. The second kappa shape index (κ2) is 15.4. The van der Waals surface area contributed by atoms with Crippen LogP contribution in [-0.2, 0) is 23.7 Å². The molecule has 1 saturated heterocycles. The molecule has 1 aliphatic rings. The first-order chi connectivity index (χ1) is 23.3. The van der Waals surface area contributed by atoms with E-state index in [-0.39, 0.29) is 40.2 Å². The summed E-state index contributed by atoms with van der Waals surface area (Å²) >= 11 is 0. The van der Waals surface area contributed by atoms with Gasteiger partial charge in [-0.1, -0.05) is 54.6 Å². The Bertz CT molecular complexity index is 1790. The van der Waals surface area contributed by atoms with E-state index in [9.17, 15) is 29.3 Å². The molecule has 0 bridgehead atoms. The van der Waals surface area contributed by atoms with E-state index < -0.39 is 59.8 Å². The van der Waals surface area contributed by atoms with E-state index in [0.717, 1.165) is 6.08 Å². The number of nitro groups is 1. The van der Waals surface area contributed by atoms with Crippen molar-refractivity contribution in [3.8, 4) is 0 Å². The van der Waals surface area contributed by atoms with E-state index in [0.29, 0.717) is 6.20 Å². The monoisotopic (exact) mass is 655 g/mol. The number of hydrogen-bond donors (Lipinski definition) is 1. The number of ether oxygens (including phenoxy) is 5. The smallest absolute Gasteiger partial charge is 0.359 e. The zero-order chi connectivity index (χ0) is 34.0. The maximum absolute atomic E-state index is 13.4. The topological polar surface area (TPSA) is 186 Å². The Morgan fingerprint density at radius 1 is 0.792 bits per heavy atom. The molecular formula is C34H29N3O11. The number of H-pyrrole nitrogens is 1. The third-order valence-electron chi connectivity index (χ3n) is 7.15. The zero-order valence-electron chi connectivity index (χ0n) is 25.4. The van der Waals surface area contributed by atoms with Crippen molar-refractivity contribution in [3.63, 3.8) is 0 Å². The molecule has 1 fully saturated rings. The first-order valence-electron chi connectivity index (χ1n) is 14.7. The van der Waals surface area contributed by atoms with Crippen molar-refractivity contribution in [1.82, 2.24) is 10.2 Å². The molecule has 4 atom stereocenters. The van der Waals surface area contributed by atoms with Crippen LogP contribution in [0.15, 0.2) is 97.2 Å². The molecule has 0 amide bonds. The fraction of sp³-hybridized carbons (Fsp3) is 0.206. The van der Waals surface area contributed by atoms with Gasteiger partial charge in [0, 0.05) is 11.6 Å². The molecule has 246 valence electrons. The molecule has 3 aromatic carbocycles. The van der Waals surface area contributed by atoms with Crippen LogP contribution in [0.3, 0.4) is 0 Å². The molecule has 4 aromatic rings. The first-order valence-corrected chi connectivity index (χ1v) is 14.7. The minimum Gasteiger partial charge on any atom is -0.461 e. The Kier molecular flexibility index (Phi) is 10.7. The summed E-state index contributed by atoms with van der Waals surface area (Å²) in [4.78, 5) is 63.0. The van der Waals surface area contributed by atoms with Gasteiger partial charge in [0.2, 0.25) is 6.20 Å². The summed E-state index contributed by atoms with van der Waals surface area (Å²) in [5, 5.41) is 18.0. The fourth-order valence-electron chi connectivity index (χ4n) is 4.95. The van der Waals surface area contributed by atoms with Crippen molar-refractivity contribution >= 4 is 30.0 Å². The van der Waals surface area contributed by atoms with Crippen molar-refractivity contribution in [3.05, 3.63) is 141 Å². The zero-order valence-corrected chi connectivity index (χ0v) is 25.4. The van der Waals surface area contributed by atoms with Gasteiger partial charge < -0.3 is 23.7 Å². The molecule has 0 spiro atoms. The van der Waals surface area contributed by atoms with Gasteiger partial charge in [-0.2, -0.15) is 5.10 Å². The molecule has 0 saturated carbocycles. The summed E-state index contributed by atoms with van der Waals surface area (Å²) in [6.07, 6.45) is -3.83. The predicted octanol–water partition coefficient (Wildman–Crippen LogP) is 4.58. The van der Waals surface area contributed by atoms with Gasteiger partial charge in [0.25, 0.3) is 0 Å². The number of rotatable bonds is 12. The number of aromatic nitrogens is 2. The summed E-state index contributed by atoms with van der Waals surface area (Å²) in [7, 11) is 0. The van der Waals surface area contributed by atoms with E-state index in [4.69, 9.17) is 23.7 Å². The number of carbonyl (C=O) groups is 4. The van der Waals surface area contributed by atoms with Crippen molar-refractivity contribution in [2.75, 3.05) is 13.2 Å². The molecule has 14 nitrogen and oxygen atoms in total. The molecule has 0 unspecified atom stereocenters. The standard InChI is InChI=1S/C34H29N3O11/c1-2-44-34(41)27-24(18-19-37(42)43)26(35-36-27)29-30(48-33(40)23-16-10-5-11-17-23)28(47-32(39)22-14-8-4-9-15-22)25(46-29)20-45-31(38)21-12-6-3-7-13-21/h3-19,25,28-30H,2,20H2,1H3,(H,35,36)/t25-,28-,29+,30-/m1/s1.